The molecular formula is C22H38N2O3. The first-order valence-corrected chi connectivity index (χ1v) is 10.5. The van der Waals surface area contributed by atoms with E-state index in [9.17, 15) is 4.79 Å². The molecule has 154 valence electrons. The van der Waals surface area contributed by atoms with E-state index in [0.717, 1.165) is 19.6 Å². The van der Waals surface area contributed by atoms with Gasteiger partial charge in [-0.3, -0.25) is 4.90 Å². The number of unbranched alkanes of at least 4 members (excludes halogenated alkanes) is 7. The van der Waals surface area contributed by atoms with Crippen LogP contribution in [0.25, 0.3) is 0 Å². The van der Waals surface area contributed by atoms with Crippen molar-refractivity contribution in [1.29, 1.82) is 0 Å². The number of nitrogens with one attached hydrogen (secondary N) is 1. The summed E-state index contributed by atoms with van der Waals surface area (Å²) in [7, 11) is 0. The minimum atomic E-state index is -0.462. The van der Waals surface area contributed by atoms with Crippen LogP contribution in [0, 0.1) is 0 Å². The predicted molar refractivity (Wildman–Crippen MR) is 111 cm³/mol. The highest BCUT2D eigenvalue weighted by atomic mass is 16.6. The normalized spacial score (nSPS) is 10.9. The Labute approximate surface area is 165 Å². The third kappa shape index (κ3) is 13.3. The van der Waals surface area contributed by atoms with Crippen LogP contribution in [-0.2, 0) is 11.3 Å². The molecule has 0 spiro atoms. The lowest BCUT2D eigenvalue weighted by molar-refractivity contribution is 0.118. The maximum atomic E-state index is 11.5. The highest BCUT2D eigenvalue weighted by molar-refractivity contribution is 5.67. The van der Waals surface area contributed by atoms with Crippen molar-refractivity contribution in [2.24, 2.45) is 0 Å². The van der Waals surface area contributed by atoms with Gasteiger partial charge in [-0.15, -0.1) is 0 Å². The van der Waals surface area contributed by atoms with Crippen LogP contribution in [-0.4, -0.2) is 48.9 Å². The van der Waals surface area contributed by atoms with Gasteiger partial charge in [0.1, 0.15) is 6.61 Å². The summed E-state index contributed by atoms with van der Waals surface area (Å²) in [5.74, 6) is 0. The van der Waals surface area contributed by atoms with Gasteiger partial charge >= 0.3 is 6.09 Å². The van der Waals surface area contributed by atoms with Gasteiger partial charge in [0, 0.05) is 19.6 Å². The lowest BCUT2D eigenvalue weighted by Gasteiger charge is -2.22. The van der Waals surface area contributed by atoms with E-state index in [1.807, 2.05) is 6.07 Å². The van der Waals surface area contributed by atoms with Crippen molar-refractivity contribution in [1.82, 2.24) is 10.2 Å². The molecule has 5 heteroatoms. The van der Waals surface area contributed by atoms with Crippen molar-refractivity contribution in [3.05, 3.63) is 35.9 Å². The molecule has 0 atom stereocenters. The number of aliphatic hydroxyl groups excluding tert-OH is 1. The largest absolute Gasteiger partial charge is 0.447 e. The number of alkyl carbamates (subject to hydrolysis) is 1. The number of amides is 1. The fourth-order valence-electron chi connectivity index (χ4n) is 3.09. The number of hydrogen-bond acceptors (Lipinski definition) is 4. The van der Waals surface area contributed by atoms with Crippen molar-refractivity contribution < 1.29 is 14.6 Å². The van der Waals surface area contributed by atoms with E-state index < -0.39 is 6.09 Å². The van der Waals surface area contributed by atoms with E-state index >= 15 is 0 Å². The van der Waals surface area contributed by atoms with Gasteiger partial charge in [-0.25, -0.2) is 4.79 Å². The molecule has 0 fully saturated rings. The van der Waals surface area contributed by atoms with Crippen molar-refractivity contribution in [3.8, 4) is 0 Å². The Bertz CT molecular complexity index is 468. The van der Waals surface area contributed by atoms with Crippen molar-refractivity contribution >= 4 is 6.09 Å². The van der Waals surface area contributed by atoms with Crippen LogP contribution in [0.1, 0.15) is 63.9 Å². The number of benzene rings is 1. The molecule has 5 nitrogen and oxygen atoms in total. The Kier molecular flexibility index (Phi) is 14.4. The molecule has 0 heterocycles. The summed E-state index contributed by atoms with van der Waals surface area (Å²) in [6.45, 7) is 5.42. The highest BCUT2D eigenvalue weighted by Gasteiger charge is 2.07. The maximum Gasteiger partial charge on any atom is 0.407 e. The smallest absolute Gasteiger partial charge is 0.407 e. The van der Waals surface area contributed by atoms with E-state index in [-0.39, 0.29) is 13.2 Å². The molecule has 27 heavy (non-hydrogen) atoms. The molecule has 0 aromatic heterocycles. The van der Waals surface area contributed by atoms with Gasteiger partial charge in [-0.2, -0.15) is 0 Å². The lowest BCUT2D eigenvalue weighted by Crippen LogP contribution is -2.35. The summed E-state index contributed by atoms with van der Waals surface area (Å²) in [4.78, 5) is 13.9. The standard InChI is InChI=1S/C22H38N2O3/c1-2-3-4-5-6-7-8-12-16-24(20-21-13-10-9-11-14-21)17-15-23-22(26)27-19-18-25/h9-11,13-14,25H,2-8,12,15-20H2,1H3,(H,23,26). The van der Waals surface area contributed by atoms with Gasteiger partial charge < -0.3 is 15.2 Å². The molecule has 0 aliphatic heterocycles. The van der Waals surface area contributed by atoms with E-state index in [2.05, 4.69) is 41.4 Å². The van der Waals surface area contributed by atoms with Gasteiger partial charge in [-0.1, -0.05) is 82.2 Å². The Morgan fingerprint density at radius 3 is 2.33 bits per heavy atom. The van der Waals surface area contributed by atoms with Crippen LogP contribution in [0.3, 0.4) is 0 Å². The minimum Gasteiger partial charge on any atom is -0.447 e. The van der Waals surface area contributed by atoms with Crippen LogP contribution in [0.15, 0.2) is 30.3 Å². The second-order valence-corrected chi connectivity index (χ2v) is 7.02. The van der Waals surface area contributed by atoms with Gasteiger partial charge in [0.2, 0.25) is 0 Å². The molecule has 0 aliphatic carbocycles. The third-order valence-electron chi connectivity index (χ3n) is 4.60. The molecule has 1 aromatic carbocycles. The van der Waals surface area contributed by atoms with Gasteiger partial charge in [0.05, 0.1) is 6.61 Å². The van der Waals surface area contributed by atoms with E-state index in [1.165, 1.54) is 56.9 Å². The summed E-state index contributed by atoms with van der Waals surface area (Å²) in [5, 5.41) is 11.4. The summed E-state index contributed by atoms with van der Waals surface area (Å²) in [6.07, 6.45) is 10.0. The van der Waals surface area contributed by atoms with Crippen LogP contribution >= 0.6 is 0 Å². The molecular weight excluding hydrogens is 340 g/mol. The molecule has 0 aliphatic rings. The van der Waals surface area contributed by atoms with Crippen molar-refractivity contribution in [3.63, 3.8) is 0 Å². The second kappa shape index (κ2) is 16.6. The molecule has 0 bridgehead atoms. The molecule has 2 N–H and O–H groups in total. The number of rotatable bonds is 16. The Morgan fingerprint density at radius 1 is 1.00 bits per heavy atom. The molecule has 1 aromatic rings. The third-order valence-corrected chi connectivity index (χ3v) is 4.60. The van der Waals surface area contributed by atoms with E-state index in [1.54, 1.807) is 0 Å². The van der Waals surface area contributed by atoms with Gasteiger partial charge in [-0.05, 0) is 18.5 Å². The molecule has 0 saturated carbocycles. The van der Waals surface area contributed by atoms with Crippen LogP contribution in [0.5, 0.6) is 0 Å². The van der Waals surface area contributed by atoms with E-state index in [0.29, 0.717) is 6.54 Å². The van der Waals surface area contributed by atoms with Crippen LogP contribution in [0.2, 0.25) is 0 Å². The molecule has 1 amide bonds. The highest BCUT2D eigenvalue weighted by Crippen LogP contribution is 2.10. The first-order valence-electron chi connectivity index (χ1n) is 10.5. The predicted octanol–water partition coefficient (Wildman–Crippen LogP) is 4.35. The van der Waals surface area contributed by atoms with Crippen LogP contribution < -0.4 is 5.32 Å². The summed E-state index contributed by atoms with van der Waals surface area (Å²) in [6, 6.07) is 10.4. The van der Waals surface area contributed by atoms with Gasteiger partial charge in [0.15, 0.2) is 0 Å². The van der Waals surface area contributed by atoms with Crippen molar-refractivity contribution in [2.45, 2.75) is 64.8 Å². The SMILES string of the molecule is CCCCCCCCCCN(CCNC(=O)OCCO)Cc1ccccc1. The number of aliphatic hydroxyl groups is 1. The first-order chi connectivity index (χ1) is 13.3. The number of hydrogen-bond donors (Lipinski definition) is 2. The zero-order valence-electron chi connectivity index (χ0n) is 17.0. The number of nitrogens with zero attached hydrogens (tertiary/aromatic N) is 1. The fraction of sp³-hybridized carbons (Fsp3) is 0.682. The fourth-order valence-corrected chi connectivity index (χ4v) is 3.09. The maximum absolute atomic E-state index is 11.5. The Hall–Kier alpha value is -1.59. The molecule has 0 saturated heterocycles. The molecule has 0 radical (unpaired) electrons. The Morgan fingerprint density at radius 2 is 1.67 bits per heavy atom. The average Bonchev–Trinajstić information content (AvgIpc) is 2.69. The average molecular weight is 379 g/mol. The van der Waals surface area contributed by atoms with E-state index in [4.69, 9.17) is 9.84 Å². The minimum absolute atomic E-state index is 0.0395. The summed E-state index contributed by atoms with van der Waals surface area (Å²) in [5.41, 5.74) is 1.29. The molecule has 0 unspecified atom stereocenters. The van der Waals surface area contributed by atoms with Gasteiger partial charge in [0.25, 0.3) is 0 Å². The monoisotopic (exact) mass is 378 g/mol. The quantitative estimate of drug-likeness (QED) is 0.420. The number of carbonyl (C=O) groups is 1. The molecule has 1 rings (SSSR count). The first kappa shape index (κ1) is 23.4. The lowest BCUT2D eigenvalue weighted by atomic mass is 10.1. The van der Waals surface area contributed by atoms with Crippen LogP contribution in [0.4, 0.5) is 4.79 Å². The number of ether oxygens (including phenoxy) is 1. The van der Waals surface area contributed by atoms with Crippen molar-refractivity contribution in [2.75, 3.05) is 32.8 Å². The topological polar surface area (TPSA) is 61.8 Å². The zero-order valence-corrected chi connectivity index (χ0v) is 17.0. The zero-order chi connectivity index (χ0) is 19.6. The second-order valence-electron chi connectivity index (χ2n) is 7.02. The summed E-state index contributed by atoms with van der Waals surface area (Å²) >= 11 is 0. The Balaban J connectivity index is 2.27. The number of carbonyl (C=O) groups excluding carboxylic acids is 1. The summed E-state index contributed by atoms with van der Waals surface area (Å²) < 4.78 is 4.83.